The van der Waals surface area contributed by atoms with E-state index in [9.17, 15) is 24.3 Å². The molecule has 12 heteroatoms. The fourth-order valence-corrected chi connectivity index (χ4v) is 2.44. The van der Waals surface area contributed by atoms with Gasteiger partial charge in [0, 0.05) is 33.1 Å². The van der Waals surface area contributed by atoms with E-state index >= 15 is 0 Å². The fraction of sp³-hybridized carbons (Fsp3) is 0.765. The van der Waals surface area contributed by atoms with E-state index in [4.69, 9.17) is 39.0 Å². The van der Waals surface area contributed by atoms with Gasteiger partial charge in [-0.15, -0.1) is 0 Å². The Morgan fingerprint density at radius 1 is 0.931 bits per heavy atom. The van der Waals surface area contributed by atoms with Crippen LogP contribution in [0.1, 0.15) is 33.1 Å². The predicted molar refractivity (Wildman–Crippen MR) is 91.0 cm³/mol. The van der Waals surface area contributed by atoms with Crippen molar-refractivity contribution in [1.29, 1.82) is 0 Å². The number of aliphatic hydroxyl groups is 2. The Morgan fingerprint density at radius 3 is 2.03 bits per heavy atom. The van der Waals surface area contributed by atoms with Crippen LogP contribution in [0.3, 0.4) is 0 Å². The van der Waals surface area contributed by atoms with Gasteiger partial charge in [0.2, 0.25) is 0 Å². The quantitative estimate of drug-likeness (QED) is 0.322. The number of rotatable bonds is 9. The Kier molecular flexibility index (Phi) is 7.53. The molecular formula is C17H26O12. The highest BCUT2D eigenvalue weighted by Gasteiger charge is 2.52. The van der Waals surface area contributed by atoms with Crippen LogP contribution < -0.4 is 0 Å². The second kappa shape index (κ2) is 11.7. The maximum atomic E-state index is 11.9. The first-order valence-corrected chi connectivity index (χ1v) is 8.17. The van der Waals surface area contributed by atoms with Crippen LogP contribution in [0.5, 0.6) is 0 Å². The van der Waals surface area contributed by atoms with Crippen molar-refractivity contribution < 1.29 is 63.3 Å². The molecule has 0 aliphatic carbocycles. The van der Waals surface area contributed by atoms with Gasteiger partial charge in [-0.05, 0) is 0 Å². The minimum atomic E-state index is -1.68. The molecule has 0 radical (unpaired) electrons. The number of carbonyl (C=O) groups is 4. The third-order valence-corrected chi connectivity index (χ3v) is 3.47. The molecule has 0 aromatic rings. The van der Waals surface area contributed by atoms with Crippen LogP contribution in [0.25, 0.3) is 0 Å². The van der Waals surface area contributed by atoms with E-state index < -0.39 is 108 Å². The molecule has 0 bridgehead atoms. The fourth-order valence-electron chi connectivity index (χ4n) is 2.44. The van der Waals surface area contributed by atoms with E-state index in [0.29, 0.717) is 0 Å². The molecule has 12 nitrogen and oxygen atoms in total. The Labute approximate surface area is 172 Å². The minimum Gasteiger partial charge on any atom is -0.463 e. The standard InChI is InChI=1S/C17H26O12/c1-8(19)24-7-13-14(26-9(2)20)15(27-10(3)21)16(28-11(4)22)17(29-13)25-6-12(23)5-18/h12-18,23H,5-7H2,1-4H3/t12?,13-,14-,15+,16+,17?/m1/s1/i1D,2D,3D,4D. The van der Waals surface area contributed by atoms with Crippen LogP contribution in [-0.2, 0) is 47.6 Å². The zero-order chi connectivity index (χ0) is 25.0. The average molecular weight is 426 g/mol. The summed E-state index contributed by atoms with van der Waals surface area (Å²) in [7, 11) is 0. The van der Waals surface area contributed by atoms with Crippen molar-refractivity contribution in [3.63, 3.8) is 0 Å². The molecule has 0 amide bonds. The maximum absolute atomic E-state index is 11.9. The lowest BCUT2D eigenvalue weighted by molar-refractivity contribution is -0.311. The van der Waals surface area contributed by atoms with E-state index in [2.05, 4.69) is 0 Å². The van der Waals surface area contributed by atoms with Gasteiger partial charge in [0.05, 0.1) is 13.2 Å². The molecule has 1 aliphatic rings. The number of esters is 4. The predicted octanol–water partition coefficient (Wildman–Crippen LogP) is -1.56. The van der Waals surface area contributed by atoms with Crippen LogP contribution in [0.15, 0.2) is 0 Å². The molecule has 29 heavy (non-hydrogen) atoms. The highest BCUT2D eigenvalue weighted by molar-refractivity contribution is 5.68. The first-order chi connectivity index (χ1) is 15.7. The third kappa shape index (κ3) is 8.31. The molecule has 1 fully saturated rings. The number of carbonyl (C=O) groups excluding carboxylic acids is 4. The second-order valence-electron chi connectivity index (χ2n) is 5.76. The smallest absolute Gasteiger partial charge is 0.303 e. The molecule has 1 rings (SSSR count). The molecule has 0 aromatic heterocycles. The molecular weight excluding hydrogens is 396 g/mol. The van der Waals surface area contributed by atoms with E-state index in [1.807, 2.05) is 0 Å². The van der Waals surface area contributed by atoms with Crippen LogP contribution in [0, 0.1) is 0 Å². The molecule has 6 atom stereocenters. The molecule has 2 N–H and O–H groups in total. The highest BCUT2D eigenvalue weighted by Crippen LogP contribution is 2.30. The Hall–Kier alpha value is -2.28. The summed E-state index contributed by atoms with van der Waals surface area (Å²) in [6, 6.07) is 0. The van der Waals surface area contributed by atoms with Crippen LogP contribution in [-0.4, -0.2) is 90.7 Å². The summed E-state index contributed by atoms with van der Waals surface area (Å²) in [5, 5.41) is 18.6. The van der Waals surface area contributed by atoms with Crippen molar-refractivity contribution in [3.05, 3.63) is 0 Å². The zero-order valence-electron chi connectivity index (χ0n) is 19.4. The highest BCUT2D eigenvalue weighted by atomic mass is 16.7. The van der Waals surface area contributed by atoms with E-state index in [-0.39, 0.29) is 0 Å². The summed E-state index contributed by atoms with van der Waals surface area (Å²) < 4.78 is 59.5. The Balaban J connectivity index is 3.36. The van der Waals surface area contributed by atoms with Gasteiger partial charge in [-0.1, -0.05) is 0 Å². The molecule has 1 saturated heterocycles. The monoisotopic (exact) mass is 426 g/mol. The van der Waals surface area contributed by atoms with Gasteiger partial charge in [0.1, 0.15) is 18.8 Å². The summed E-state index contributed by atoms with van der Waals surface area (Å²) in [5.74, 6) is -4.32. The van der Waals surface area contributed by atoms with Gasteiger partial charge in [-0.2, -0.15) is 0 Å². The normalized spacial score (nSPS) is 29.2. The lowest BCUT2D eigenvalue weighted by Crippen LogP contribution is -2.63. The van der Waals surface area contributed by atoms with Gasteiger partial charge in [-0.3, -0.25) is 19.2 Å². The molecule has 0 spiro atoms. The number of hydrogen-bond donors (Lipinski definition) is 2. The number of hydrogen-bond acceptors (Lipinski definition) is 12. The first kappa shape index (κ1) is 18.7. The second-order valence-corrected chi connectivity index (χ2v) is 5.76. The lowest BCUT2D eigenvalue weighted by Gasteiger charge is -2.44. The Morgan fingerprint density at radius 2 is 1.48 bits per heavy atom. The maximum Gasteiger partial charge on any atom is 0.303 e. The molecule has 166 valence electrons. The van der Waals surface area contributed by atoms with Crippen molar-refractivity contribution in [2.45, 2.75) is 64.4 Å². The van der Waals surface area contributed by atoms with Crippen LogP contribution in [0.4, 0.5) is 0 Å². The molecule has 1 heterocycles. The van der Waals surface area contributed by atoms with Gasteiger partial charge in [0.15, 0.2) is 24.6 Å². The SMILES string of the molecule is [2H]CC(=O)OC[C@H]1OC(OCC(O)CO)[C@@H](OC(=O)C[2H])[C@@H](OC(=O)C[2H])[C@@H]1OC(=O)C[2H]. The molecule has 0 aromatic carbocycles. The summed E-state index contributed by atoms with van der Waals surface area (Å²) in [6.45, 7) is -5.21. The van der Waals surface area contributed by atoms with Crippen molar-refractivity contribution in [1.82, 2.24) is 0 Å². The van der Waals surface area contributed by atoms with Crippen LogP contribution >= 0.6 is 0 Å². The third-order valence-electron chi connectivity index (χ3n) is 3.47. The minimum absolute atomic E-state index is 0.550. The lowest BCUT2D eigenvalue weighted by atomic mass is 9.98. The average Bonchev–Trinajstić information content (AvgIpc) is 2.83. The molecule has 0 saturated carbocycles. The van der Waals surface area contributed by atoms with E-state index in [1.165, 1.54) is 0 Å². The summed E-state index contributed by atoms with van der Waals surface area (Å²) in [6.07, 6.45) is -9.39. The largest absolute Gasteiger partial charge is 0.463 e. The first-order valence-electron chi connectivity index (χ1n) is 11.0. The topological polar surface area (TPSA) is 164 Å². The summed E-state index contributed by atoms with van der Waals surface area (Å²) in [5.41, 5.74) is 0. The Bertz CT molecular complexity index is 666. The van der Waals surface area contributed by atoms with Gasteiger partial charge < -0.3 is 38.6 Å². The van der Waals surface area contributed by atoms with Gasteiger partial charge >= 0.3 is 23.9 Å². The summed E-state index contributed by atoms with van der Waals surface area (Å²) in [4.78, 5) is 47.0. The summed E-state index contributed by atoms with van der Waals surface area (Å²) >= 11 is 0. The molecule has 2 unspecified atom stereocenters. The van der Waals surface area contributed by atoms with Crippen molar-refractivity contribution in [3.8, 4) is 0 Å². The van der Waals surface area contributed by atoms with Crippen molar-refractivity contribution in [2.75, 3.05) is 19.8 Å². The number of aliphatic hydroxyl groups excluding tert-OH is 2. The van der Waals surface area contributed by atoms with Crippen LogP contribution in [0.2, 0.25) is 0 Å². The van der Waals surface area contributed by atoms with E-state index in [0.717, 1.165) is 0 Å². The zero-order valence-corrected chi connectivity index (χ0v) is 15.4. The van der Waals surface area contributed by atoms with Crippen molar-refractivity contribution >= 4 is 23.9 Å². The van der Waals surface area contributed by atoms with E-state index in [1.54, 1.807) is 0 Å². The van der Waals surface area contributed by atoms with Crippen molar-refractivity contribution in [2.24, 2.45) is 0 Å². The van der Waals surface area contributed by atoms with Gasteiger partial charge in [-0.25, -0.2) is 0 Å². The van der Waals surface area contributed by atoms with Gasteiger partial charge in [0.25, 0.3) is 0 Å². The molecule has 1 aliphatic heterocycles. The number of ether oxygens (including phenoxy) is 6.